The third-order valence-corrected chi connectivity index (χ3v) is 7.71. The van der Waals surface area contributed by atoms with Gasteiger partial charge in [-0.05, 0) is 31.2 Å². The van der Waals surface area contributed by atoms with Crippen LogP contribution in [0.2, 0.25) is 0 Å². The Kier molecular flexibility index (Phi) is 5.89. The maximum absolute atomic E-state index is 12.8. The van der Waals surface area contributed by atoms with Gasteiger partial charge in [0.2, 0.25) is 5.91 Å². The molecule has 9 heteroatoms. The molecule has 1 fully saturated rings. The Morgan fingerprint density at radius 3 is 2.77 bits per heavy atom. The summed E-state index contributed by atoms with van der Waals surface area (Å²) in [7, 11) is 0. The number of aromatic nitrogens is 4. The standard InChI is InChI=1S/C22H21N5OS3/c1-14(20(28)24-21-23-18(13-30-21)15-6-3-2-4-7-15)31-22-26-25-19(27(22)16-9-10-16)12-17-8-5-11-29-17/h2-8,11,13-14,16H,9-10,12H2,1H3,(H,23,24,28). The number of benzene rings is 1. The maximum Gasteiger partial charge on any atom is 0.239 e. The zero-order valence-corrected chi connectivity index (χ0v) is 19.3. The first-order valence-corrected chi connectivity index (χ1v) is 12.8. The van der Waals surface area contributed by atoms with E-state index < -0.39 is 0 Å². The molecule has 1 N–H and O–H groups in total. The number of thioether (sulfide) groups is 1. The lowest BCUT2D eigenvalue weighted by molar-refractivity contribution is -0.115. The average Bonchev–Trinajstić information content (AvgIpc) is 3.16. The number of rotatable bonds is 8. The van der Waals surface area contributed by atoms with Crippen molar-refractivity contribution >= 4 is 45.5 Å². The second kappa shape index (κ2) is 8.94. The SMILES string of the molecule is CC(Sc1nnc(Cc2cccs2)n1C1CC1)C(=O)Nc1nc(-c2ccccc2)cs1. The molecule has 1 amide bonds. The van der Waals surface area contributed by atoms with E-state index >= 15 is 0 Å². The number of nitrogens with zero attached hydrogens (tertiary/aromatic N) is 4. The molecule has 3 heterocycles. The lowest BCUT2D eigenvalue weighted by atomic mass is 10.2. The van der Waals surface area contributed by atoms with Crippen molar-refractivity contribution in [3.8, 4) is 11.3 Å². The summed E-state index contributed by atoms with van der Waals surface area (Å²) in [5.74, 6) is 0.900. The van der Waals surface area contributed by atoms with Gasteiger partial charge >= 0.3 is 0 Å². The van der Waals surface area contributed by atoms with E-state index in [0.717, 1.165) is 41.5 Å². The van der Waals surface area contributed by atoms with E-state index in [1.807, 2.05) is 42.6 Å². The number of carbonyl (C=O) groups excluding carboxylic acids is 1. The Morgan fingerprint density at radius 1 is 1.19 bits per heavy atom. The fourth-order valence-corrected chi connectivity index (χ4v) is 5.63. The summed E-state index contributed by atoms with van der Waals surface area (Å²) in [6.45, 7) is 1.90. The first kappa shape index (κ1) is 20.4. The second-order valence-corrected chi connectivity index (χ2v) is 10.6. The van der Waals surface area contributed by atoms with Crippen LogP contribution < -0.4 is 5.32 Å². The Morgan fingerprint density at radius 2 is 2.03 bits per heavy atom. The monoisotopic (exact) mass is 467 g/mol. The molecule has 1 saturated carbocycles. The van der Waals surface area contributed by atoms with Gasteiger partial charge in [-0.2, -0.15) is 0 Å². The Hall–Kier alpha value is -2.49. The van der Waals surface area contributed by atoms with Gasteiger partial charge in [-0.25, -0.2) is 4.98 Å². The van der Waals surface area contributed by atoms with Crippen molar-refractivity contribution in [3.63, 3.8) is 0 Å². The molecule has 1 unspecified atom stereocenters. The van der Waals surface area contributed by atoms with Gasteiger partial charge in [0.15, 0.2) is 10.3 Å². The minimum atomic E-state index is -0.305. The molecule has 1 aromatic carbocycles. The van der Waals surface area contributed by atoms with Crippen LogP contribution in [0.25, 0.3) is 11.3 Å². The average molecular weight is 468 g/mol. The Bertz CT molecular complexity index is 1170. The number of carbonyl (C=O) groups is 1. The quantitative estimate of drug-likeness (QED) is 0.346. The van der Waals surface area contributed by atoms with Crippen molar-refractivity contribution < 1.29 is 4.79 Å². The van der Waals surface area contributed by atoms with E-state index in [9.17, 15) is 4.79 Å². The van der Waals surface area contributed by atoms with Gasteiger partial charge in [0.05, 0.1) is 10.9 Å². The molecule has 1 aliphatic rings. The van der Waals surface area contributed by atoms with Crippen LogP contribution in [0, 0.1) is 0 Å². The highest BCUT2D eigenvalue weighted by Crippen LogP contribution is 2.40. The first-order chi connectivity index (χ1) is 15.2. The molecule has 31 heavy (non-hydrogen) atoms. The third kappa shape index (κ3) is 4.73. The highest BCUT2D eigenvalue weighted by atomic mass is 32.2. The molecule has 0 aliphatic heterocycles. The van der Waals surface area contributed by atoms with Crippen LogP contribution in [-0.4, -0.2) is 30.9 Å². The molecule has 6 nitrogen and oxygen atoms in total. The minimum absolute atomic E-state index is 0.0795. The minimum Gasteiger partial charge on any atom is -0.303 e. The number of nitrogens with one attached hydrogen (secondary N) is 1. The molecule has 0 radical (unpaired) electrons. The highest BCUT2D eigenvalue weighted by molar-refractivity contribution is 8.00. The van der Waals surface area contributed by atoms with Crippen molar-refractivity contribution in [2.45, 2.75) is 42.6 Å². The van der Waals surface area contributed by atoms with Gasteiger partial charge in [-0.1, -0.05) is 48.2 Å². The summed E-state index contributed by atoms with van der Waals surface area (Å²) in [4.78, 5) is 18.6. The van der Waals surface area contributed by atoms with Gasteiger partial charge in [-0.3, -0.25) is 4.79 Å². The summed E-state index contributed by atoms with van der Waals surface area (Å²) in [5.41, 5.74) is 1.91. The first-order valence-electron chi connectivity index (χ1n) is 10.1. The largest absolute Gasteiger partial charge is 0.303 e. The normalized spacial score (nSPS) is 14.5. The maximum atomic E-state index is 12.8. The predicted molar refractivity (Wildman–Crippen MR) is 127 cm³/mol. The van der Waals surface area contributed by atoms with Gasteiger partial charge in [0.25, 0.3) is 0 Å². The molecule has 0 saturated heterocycles. The second-order valence-electron chi connectivity index (χ2n) is 7.41. The Labute approximate surface area is 192 Å². The predicted octanol–water partition coefficient (Wildman–Crippen LogP) is 5.51. The molecule has 1 atom stereocenters. The van der Waals surface area contributed by atoms with E-state index in [0.29, 0.717) is 11.2 Å². The van der Waals surface area contributed by atoms with Gasteiger partial charge in [0, 0.05) is 28.3 Å². The van der Waals surface area contributed by atoms with E-state index in [-0.39, 0.29) is 11.2 Å². The van der Waals surface area contributed by atoms with Crippen LogP contribution in [0.3, 0.4) is 0 Å². The van der Waals surface area contributed by atoms with E-state index in [1.165, 1.54) is 28.0 Å². The lowest BCUT2D eigenvalue weighted by Crippen LogP contribution is -2.23. The van der Waals surface area contributed by atoms with E-state index in [4.69, 9.17) is 0 Å². The van der Waals surface area contributed by atoms with Gasteiger partial charge in [0.1, 0.15) is 5.82 Å². The molecular formula is C22H21N5OS3. The lowest BCUT2D eigenvalue weighted by Gasteiger charge is -2.12. The molecule has 0 spiro atoms. The smallest absolute Gasteiger partial charge is 0.239 e. The molecule has 4 aromatic rings. The molecule has 3 aromatic heterocycles. The highest BCUT2D eigenvalue weighted by Gasteiger charge is 2.31. The number of anilines is 1. The summed E-state index contributed by atoms with van der Waals surface area (Å²) in [5, 5.41) is 17.0. The topological polar surface area (TPSA) is 72.7 Å². The van der Waals surface area contributed by atoms with Crippen molar-refractivity contribution in [1.82, 2.24) is 19.7 Å². The number of thiazole rings is 1. The van der Waals surface area contributed by atoms with Crippen molar-refractivity contribution in [2.75, 3.05) is 5.32 Å². The number of amides is 1. The van der Waals surface area contributed by atoms with Crippen LogP contribution >= 0.6 is 34.4 Å². The van der Waals surface area contributed by atoms with Crippen LogP contribution in [0.1, 0.15) is 36.5 Å². The van der Waals surface area contributed by atoms with Gasteiger partial charge in [-0.15, -0.1) is 32.9 Å². The Balaban J connectivity index is 1.26. The summed E-state index contributed by atoms with van der Waals surface area (Å²) in [6.07, 6.45) is 3.07. The molecule has 1 aliphatic carbocycles. The van der Waals surface area contributed by atoms with Crippen molar-refractivity contribution in [3.05, 3.63) is 63.9 Å². The molecular weight excluding hydrogens is 446 g/mol. The number of thiophene rings is 1. The van der Waals surface area contributed by atoms with Gasteiger partial charge < -0.3 is 9.88 Å². The summed E-state index contributed by atoms with van der Waals surface area (Å²) in [6, 6.07) is 14.6. The molecule has 158 valence electrons. The fourth-order valence-electron chi connectivity index (χ4n) is 3.27. The van der Waals surface area contributed by atoms with E-state index in [1.54, 1.807) is 11.3 Å². The van der Waals surface area contributed by atoms with Crippen molar-refractivity contribution in [1.29, 1.82) is 0 Å². The number of hydrogen-bond donors (Lipinski definition) is 1. The summed E-state index contributed by atoms with van der Waals surface area (Å²) < 4.78 is 2.23. The van der Waals surface area contributed by atoms with Crippen molar-refractivity contribution in [2.24, 2.45) is 0 Å². The van der Waals surface area contributed by atoms with Crippen LogP contribution in [0.5, 0.6) is 0 Å². The molecule has 5 rings (SSSR count). The zero-order valence-electron chi connectivity index (χ0n) is 16.9. The summed E-state index contributed by atoms with van der Waals surface area (Å²) >= 11 is 4.63. The zero-order chi connectivity index (χ0) is 21.2. The van der Waals surface area contributed by atoms with E-state index in [2.05, 4.69) is 42.6 Å². The molecule has 0 bridgehead atoms. The fraction of sp³-hybridized carbons (Fsp3) is 0.273. The number of hydrogen-bond acceptors (Lipinski definition) is 7. The van der Waals surface area contributed by atoms with Crippen LogP contribution in [-0.2, 0) is 11.2 Å². The van der Waals surface area contributed by atoms with Crippen LogP contribution in [0.15, 0.2) is 58.4 Å². The third-order valence-electron chi connectivity index (χ3n) is 5.01. The van der Waals surface area contributed by atoms with Crippen LogP contribution in [0.4, 0.5) is 5.13 Å².